The Bertz CT molecular complexity index is 616. The molecule has 2 N–H and O–H groups in total. The van der Waals surface area contributed by atoms with Gasteiger partial charge in [-0.2, -0.15) is 0 Å². The fourth-order valence-corrected chi connectivity index (χ4v) is 5.98. The summed E-state index contributed by atoms with van der Waals surface area (Å²) in [6.07, 6.45) is 9.76. The molecule has 0 spiro atoms. The van der Waals surface area contributed by atoms with Crippen LogP contribution in [0.25, 0.3) is 0 Å². The number of nitrogens with two attached hydrogens (primary N) is 1. The molecule has 4 bridgehead atoms. The molecule has 2 unspecified atom stereocenters. The summed E-state index contributed by atoms with van der Waals surface area (Å²) in [5.41, 5.74) is 6.21. The molecule has 4 aliphatic carbocycles. The van der Waals surface area contributed by atoms with Crippen molar-refractivity contribution in [3.8, 4) is 5.75 Å². The summed E-state index contributed by atoms with van der Waals surface area (Å²) in [4.78, 5) is 11.3. The molecule has 1 aromatic rings. The van der Waals surface area contributed by atoms with Crippen LogP contribution in [0.1, 0.15) is 55.3 Å². The van der Waals surface area contributed by atoms with Crippen molar-refractivity contribution in [3.63, 3.8) is 0 Å². The fourth-order valence-electron chi connectivity index (χ4n) is 5.49. The van der Waals surface area contributed by atoms with E-state index < -0.39 is 5.91 Å². The van der Waals surface area contributed by atoms with E-state index in [1.54, 1.807) is 12.1 Å². The standard InChI is InChI=1S/C19H24BrNO2/c20-16-8-15(18(21)22)1-2-17(16)23-11-19-4-3-12-5-13(9-19)7-14(6-12)10-19/h1-2,8,12-14H,3-7,9-11H2,(H2,21,22). The topological polar surface area (TPSA) is 52.3 Å². The molecule has 124 valence electrons. The zero-order valence-electron chi connectivity index (χ0n) is 13.4. The number of hydrogen-bond donors (Lipinski definition) is 1. The van der Waals surface area contributed by atoms with Gasteiger partial charge < -0.3 is 10.5 Å². The highest BCUT2D eigenvalue weighted by Crippen LogP contribution is 2.57. The molecule has 1 amide bonds. The zero-order valence-corrected chi connectivity index (χ0v) is 15.0. The number of amides is 1. The minimum Gasteiger partial charge on any atom is -0.492 e. The molecule has 5 rings (SSSR count). The van der Waals surface area contributed by atoms with Crippen LogP contribution in [0.5, 0.6) is 5.75 Å². The third-order valence-corrected chi connectivity index (χ3v) is 6.90. The Labute approximate surface area is 146 Å². The summed E-state index contributed by atoms with van der Waals surface area (Å²) < 4.78 is 7.03. The average molecular weight is 378 g/mol. The predicted molar refractivity (Wildman–Crippen MR) is 93.4 cm³/mol. The first kappa shape index (κ1) is 15.5. The van der Waals surface area contributed by atoms with Crippen LogP contribution >= 0.6 is 15.9 Å². The summed E-state index contributed by atoms with van der Waals surface area (Å²) in [6, 6.07) is 5.36. The number of benzene rings is 1. The Morgan fingerprint density at radius 1 is 1.22 bits per heavy atom. The first-order valence-corrected chi connectivity index (χ1v) is 9.54. The lowest BCUT2D eigenvalue weighted by Crippen LogP contribution is -2.38. The van der Waals surface area contributed by atoms with Gasteiger partial charge >= 0.3 is 0 Å². The molecule has 23 heavy (non-hydrogen) atoms. The molecule has 0 aromatic heterocycles. The van der Waals surface area contributed by atoms with Gasteiger partial charge in [0.2, 0.25) is 5.91 Å². The summed E-state index contributed by atoms with van der Waals surface area (Å²) in [6.45, 7) is 0.807. The number of carbonyl (C=O) groups excluding carboxylic acids is 1. The third-order valence-electron chi connectivity index (χ3n) is 6.28. The number of hydrogen-bond acceptors (Lipinski definition) is 2. The largest absolute Gasteiger partial charge is 0.492 e. The quantitative estimate of drug-likeness (QED) is 0.837. The highest BCUT2D eigenvalue weighted by atomic mass is 79.9. The van der Waals surface area contributed by atoms with Crippen LogP contribution in [0.2, 0.25) is 0 Å². The molecule has 2 atom stereocenters. The molecule has 0 radical (unpaired) electrons. The molecule has 1 aromatic carbocycles. The maximum atomic E-state index is 11.3. The Balaban J connectivity index is 1.49. The van der Waals surface area contributed by atoms with Crippen molar-refractivity contribution in [2.75, 3.05) is 6.61 Å². The summed E-state index contributed by atoms with van der Waals surface area (Å²) in [7, 11) is 0. The molecular weight excluding hydrogens is 354 g/mol. The van der Waals surface area contributed by atoms with E-state index in [4.69, 9.17) is 10.5 Å². The fraction of sp³-hybridized carbons (Fsp3) is 0.632. The van der Waals surface area contributed by atoms with Crippen LogP contribution in [-0.4, -0.2) is 12.5 Å². The number of rotatable bonds is 4. The van der Waals surface area contributed by atoms with E-state index in [2.05, 4.69) is 15.9 Å². The van der Waals surface area contributed by atoms with Gasteiger partial charge in [0, 0.05) is 11.0 Å². The van der Waals surface area contributed by atoms with Gasteiger partial charge in [-0.1, -0.05) is 0 Å². The molecule has 0 heterocycles. The number of fused-ring (bicyclic) bond motifs is 1. The van der Waals surface area contributed by atoms with Crippen molar-refractivity contribution in [2.45, 2.75) is 44.9 Å². The van der Waals surface area contributed by atoms with Crippen LogP contribution in [0.4, 0.5) is 0 Å². The highest BCUT2D eigenvalue weighted by Gasteiger charge is 2.47. The van der Waals surface area contributed by atoms with Gasteiger partial charge in [0.05, 0.1) is 11.1 Å². The maximum Gasteiger partial charge on any atom is 0.248 e. The van der Waals surface area contributed by atoms with E-state index in [0.717, 1.165) is 34.6 Å². The predicted octanol–water partition coefficient (Wildman–Crippen LogP) is 4.53. The molecular formula is C19H24BrNO2. The molecule has 0 saturated heterocycles. The minimum absolute atomic E-state index is 0.376. The lowest BCUT2D eigenvalue weighted by Gasteiger charge is -2.45. The number of ether oxygens (including phenoxy) is 1. The van der Waals surface area contributed by atoms with E-state index in [1.807, 2.05) is 6.07 Å². The van der Waals surface area contributed by atoms with Crippen LogP contribution < -0.4 is 10.5 Å². The van der Waals surface area contributed by atoms with Gasteiger partial charge in [0.25, 0.3) is 0 Å². The van der Waals surface area contributed by atoms with Gasteiger partial charge in [-0.05, 0) is 96.8 Å². The van der Waals surface area contributed by atoms with Crippen molar-refractivity contribution in [3.05, 3.63) is 28.2 Å². The molecule has 3 nitrogen and oxygen atoms in total. The van der Waals surface area contributed by atoms with E-state index in [1.165, 1.54) is 44.9 Å². The Kier molecular flexibility index (Phi) is 3.91. The number of carbonyl (C=O) groups is 1. The van der Waals surface area contributed by atoms with Gasteiger partial charge in [-0.3, -0.25) is 4.79 Å². The first-order chi connectivity index (χ1) is 11.0. The van der Waals surface area contributed by atoms with Crippen molar-refractivity contribution < 1.29 is 9.53 Å². The van der Waals surface area contributed by atoms with Crippen LogP contribution in [0.3, 0.4) is 0 Å². The van der Waals surface area contributed by atoms with E-state index in [9.17, 15) is 4.79 Å². The molecule has 4 saturated carbocycles. The Morgan fingerprint density at radius 2 is 1.91 bits per heavy atom. The second kappa shape index (κ2) is 5.80. The highest BCUT2D eigenvalue weighted by molar-refractivity contribution is 9.10. The summed E-state index contributed by atoms with van der Waals surface area (Å²) >= 11 is 3.51. The lowest BCUT2D eigenvalue weighted by molar-refractivity contribution is 0.0273. The first-order valence-electron chi connectivity index (χ1n) is 8.75. The van der Waals surface area contributed by atoms with Gasteiger partial charge in [-0.25, -0.2) is 0 Å². The maximum absolute atomic E-state index is 11.3. The van der Waals surface area contributed by atoms with Crippen LogP contribution in [0.15, 0.2) is 22.7 Å². The van der Waals surface area contributed by atoms with E-state index in [-0.39, 0.29) is 0 Å². The molecule has 0 aliphatic heterocycles. The summed E-state index contributed by atoms with van der Waals surface area (Å²) in [5.74, 6) is 3.25. The Morgan fingerprint density at radius 3 is 2.57 bits per heavy atom. The molecule has 4 fully saturated rings. The van der Waals surface area contributed by atoms with Gasteiger partial charge in [-0.15, -0.1) is 0 Å². The second-order valence-electron chi connectivity index (χ2n) is 8.05. The monoisotopic (exact) mass is 377 g/mol. The van der Waals surface area contributed by atoms with Crippen LogP contribution in [0, 0.1) is 23.2 Å². The van der Waals surface area contributed by atoms with Crippen molar-refractivity contribution >= 4 is 21.8 Å². The normalized spacial score (nSPS) is 35.1. The van der Waals surface area contributed by atoms with E-state index in [0.29, 0.717) is 11.0 Å². The van der Waals surface area contributed by atoms with Crippen molar-refractivity contribution in [1.82, 2.24) is 0 Å². The second-order valence-corrected chi connectivity index (χ2v) is 8.90. The molecule has 4 heteroatoms. The summed E-state index contributed by atoms with van der Waals surface area (Å²) in [5, 5.41) is 0. The van der Waals surface area contributed by atoms with Crippen molar-refractivity contribution in [1.29, 1.82) is 0 Å². The number of halogens is 1. The van der Waals surface area contributed by atoms with E-state index >= 15 is 0 Å². The smallest absolute Gasteiger partial charge is 0.248 e. The lowest BCUT2D eigenvalue weighted by atomic mass is 9.62. The third kappa shape index (κ3) is 3.02. The Hall–Kier alpha value is -1.03. The van der Waals surface area contributed by atoms with Gasteiger partial charge in [0.1, 0.15) is 5.75 Å². The van der Waals surface area contributed by atoms with Crippen LogP contribution in [-0.2, 0) is 0 Å². The van der Waals surface area contributed by atoms with Gasteiger partial charge in [0.15, 0.2) is 0 Å². The minimum atomic E-state index is -0.408. The number of primary amides is 1. The molecule has 4 aliphatic rings. The van der Waals surface area contributed by atoms with Crippen molar-refractivity contribution in [2.24, 2.45) is 28.9 Å². The average Bonchev–Trinajstić information content (AvgIpc) is 2.70. The SMILES string of the molecule is NC(=O)c1ccc(OCC23CCC4CC(CC(C4)C2)C3)c(Br)c1. The zero-order chi connectivity index (χ0) is 16.0.